The van der Waals surface area contributed by atoms with E-state index < -0.39 is 10.5 Å². The lowest BCUT2D eigenvalue weighted by Crippen LogP contribution is -2.21. The van der Waals surface area contributed by atoms with Crippen molar-refractivity contribution in [3.63, 3.8) is 0 Å². The summed E-state index contributed by atoms with van der Waals surface area (Å²) in [4.78, 5) is 21.2. The molecule has 8 nitrogen and oxygen atoms in total. The van der Waals surface area contributed by atoms with Crippen molar-refractivity contribution in [3.8, 4) is 0 Å². The van der Waals surface area contributed by atoms with Gasteiger partial charge in [-0.05, 0) is 16.1 Å². The first-order valence-corrected chi connectivity index (χ1v) is 4.31. The Balaban J connectivity index is 2.89. The van der Waals surface area contributed by atoms with Gasteiger partial charge in [0.05, 0.1) is 10.3 Å². The number of nitro benzene ring substituents is 1. The number of benzene rings is 1. The quantitative estimate of drug-likeness (QED) is 0.445. The van der Waals surface area contributed by atoms with E-state index in [1.165, 1.54) is 0 Å². The monoisotopic (exact) mass is 242 g/mol. The summed E-state index contributed by atoms with van der Waals surface area (Å²) < 4.78 is 0. The van der Waals surface area contributed by atoms with E-state index in [1.807, 2.05) is 0 Å². The van der Waals surface area contributed by atoms with E-state index in [0.29, 0.717) is 0 Å². The standard InChI is InChI=1S/C7H3ClN4O4/c8-4-1-3-5(2-6(4)12(15)16)9-10-11(14)7(3)13/h1-2,14H. The summed E-state index contributed by atoms with van der Waals surface area (Å²) in [6.07, 6.45) is 0. The van der Waals surface area contributed by atoms with Gasteiger partial charge in [-0.1, -0.05) is 11.6 Å². The average Bonchev–Trinajstić information content (AvgIpc) is 2.23. The minimum Gasteiger partial charge on any atom is -0.407 e. The number of hydrogen-bond donors (Lipinski definition) is 1. The summed E-state index contributed by atoms with van der Waals surface area (Å²) in [5, 5.41) is 25.8. The maximum atomic E-state index is 11.3. The molecule has 0 aliphatic carbocycles. The van der Waals surface area contributed by atoms with Crippen LogP contribution in [0.15, 0.2) is 16.9 Å². The summed E-state index contributed by atoms with van der Waals surface area (Å²) in [5.74, 6) is 0. The molecule has 1 N–H and O–H groups in total. The molecule has 0 aliphatic heterocycles. The number of nitrogens with zero attached hydrogens (tertiary/aromatic N) is 4. The molecule has 0 unspecified atom stereocenters. The Labute approximate surface area is 91.8 Å². The first-order valence-electron chi connectivity index (χ1n) is 3.93. The van der Waals surface area contributed by atoms with E-state index in [4.69, 9.17) is 16.8 Å². The van der Waals surface area contributed by atoms with Gasteiger partial charge < -0.3 is 5.21 Å². The largest absolute Gasteiger partial charge is 0.407 e. The fraction of sp³-hybridized carbons (Fsp3) is 0. The molecule has 0 atom stereocenters. The molecule has 9 heteroatoms. The molecule has 1 heterocycles. The lowest BCUT2D eigenvalue weighted by Gasteiger charge is -1.99. The Morgan fingerprint density at radius 3 is 2.81 bits per heavy atom. The molecule has 1 aromatic heterocycles. The van der Waals surface area contributed by atoms with Crippen LogP contribution < -0.4 is 5.56 Å². The van der Waals surface area contributed by atoms with Gasteiger partial charge in [0.1, 0.15) is 10.5 Å². The van der Waals surface area contributed by atoms with Gasteiger partial charge in [0, 0.05) is 6.07 Å². The van der Waals surface area contributed by atoms with Crippen molar-refractivity contribution in [2.75, 3.05) is 0 Å². The lowest BCUT2D eigenvalue weighted by molar-refractivity contribution is -0.384. The van der Waals surface area contributed by atoms with Crippen molar-refractivity contribution in [3.05, 3.63) is 37.6 Å². The second-order valence-electron chi connectivity index (χ2n) is 2.86. The van der Waals surface area contributed by atoms with Gasteiger partial charge in [-0.2, -0.15) is 0 Å². The van der Waals surface area contributed by atoms with E-state index in [0.717, 1.165) is 12.1 Å². The second kappa shape index (κ2) is 3.42. The van der Waals surface area contributed by atoms with Crippen LogP contribution in [0.5, 0.6) is 0 Å². The van der Waals surface area contributed by atoms with Crippen LogP contribution in [0.25, 0.3) is 10.9 Å². The highest BCUT2D eigenvalue weighted by Crippen LogP contribution is 2.26. The second-order valence-corrected chi connectivity index (χ2v) is 3.27. The van der Waals surface area contributed by atoms with E-state index in [1.54, 1.807) is 0 Å². The maximum Gasteiger partial charge on any atom is 0.314 e. The highest BCUT2D eigenvalue weighted by atomic mass is 35.5. The van der Waals surface area contributed by atoms with Gasteiger partial charge in [0.2, 0.25) is 0 Å². The van der Waals surface area contributed by atoms with Crippen molar-refractivity contribution < 1.29 is 10.1 Å². The molecule has 1 aromatic carbocycles. The molecule has 0 saturated carbocycles. The molecular weight excluding hydrogens is 240 g/mol. The van der Waals surface area contributed by atoms with Gasteiger partial charge in [-0.15, -0.1) is 5.10 Å². The zero-order chi connectivity index (χ0) is 11.9. The van der Waals surface area contributed by atoms with Crippen LogP contribution in [0.4, 0.5) is 5.69 Å². The van der Waals surface area contributed by atoms with Gasteiger partial charge in [0.25, 0.3) is 5.69 Å². The van der Waals surface area contributed by atoms with Gasteiger partial charge in [-0.3, -0.25) is 14.9 Å². The molecule has 0 saturated heterocycles. The molecule has 0 radical (unpaired) electrons. The van der Waals surface area contributed by atoms with Gasteiger partial charge >= 0.3 is 5.56 Å². The highest BCUT2D eigenvalue weighted by molar-refractivity contribution is 6.33. The number of rotatable bonds is 1. The zero-order valence-corrected chi connectivity index (χ0v) is 8.25. The third-order valence-electron chi connectivity index (χ3n) is 1.91. The van der Waals surface area contributed by atoms with Crippen molar-refractivity contribution in [1.29, 1.82) is 0 Å². The Bertz CT molecular complexity index is 653. The fourth-order valence-corrected chi connectivity index (χ4v) is 1.42. The van der Waals surface area contributed by atoms with Crippen molar-refractivity contribution in [2.24, 2.45) is 0 Å². The number of fused-ring (bicyclic) bond motifs is 1. The molecule has 2 rings (SSSR count). The molecule has 16 heavy (non-hydrogen) atoms. The van der Waals surface area contributed by atoms with Crippen molar-refractivity contribution >= 4 is 28.2 Å². The molecule has 0 amide bonds. The highest BCUT2D eigenvalue weighted by Gasteiger charge is 2.16. The van der Waals surface area contributed by atoms with Gasteiger partial charge in [0.15, 0.2) is 0 Å². The Hall–Kier alpha value is -2.22. The predicted molar refractivity (Wildman–Crippen MR) is 52.6 cm³/mol. The minimum absolute atomic E-state index is 0.00796. The summed E-state index contributed by atoms with van der Waals surface area (Å²) in [5.41, 5.74) is -1.23. The third-order valence-corrected chi connectivity index (χ3v) is 2.21. The first-order chi connectivity index (χ1) is 7.50. The van der Waals surface area contributed by atoms with E-state index in [-0.39, 0.29) is 26.5 Å². The third kappa shape index (κ3) is 1.44. The zero-order valence-electron chi connectivity index (χ0n) is 7.49. The van der Waals surface area contributed by atoms with E-state index in [2.05, 4.69) is 10.3 Å². The minimum atomic E-state index is -0.846. The Morgan fingerprint density at radius 2 is 2.19 bits per heavy atom. The molecule has 0 bridgehead atoms. The van der Waals surface area contributed by atoms with Crippen LogP contribution in [0, 0.1) is 10.1 Å². The normalized spacial score (nSPS) is 10.6. The Kier molecular flexibility index (Phi) is 2.20. The average molecular weight is 243 g/mol. The number of nitro groups is 1. The lowest BCUT2D eigenvalue weighted by atomic mass is 10.2. The topological polar surface area (TPSA) is 111 Å². The molecule has 2 aromatic rings. The first kappa shape index (κ1) is 10.3. The van der Waals surface area contributed by atoms with E-state index in [9.17, 15) is 14.9 Å². The number of halogens is 1. The number of hydrogen-bond acceptors (Lipinski definition) is 6. The molecule has 0 fully saturated rings. The smallest absolute Gasteiger partial charge is 0.314 e. The van der Waals surface area contributed by atoms with Crippen LogP contribution >= 0.6 is 11.6 Å². The maximum absolute atomic E-state index is 11.3. The molecule has 0 aliphatic rings. The van der Waals surface area contributed by atoms with Crippen LogP contribution in [0.1, 0.15) is 0 Å². The van der Waals surface area contributed by atoms with Crippen molar-refractivity contribution in [1.82, 2.24) is 15.2 Å². The summed E-state index contributed by atoms with van der Waals surface area (Å²) in [6.45, 7) is 0. The summed E-state index contributed by atoms with van der Waals surface area (Å²) >= 11 is 5.60. The SMILES string of the molecule is O=c1c2cc(Cl)c([N+](=O)[O-])cc2nnn1O. The van der Waals surface area contributed by atoms with Crippen LogP contribution in [0.3, 0.4) is 0 Å². The molecule has 0 spiro atoms. The number of aromatic nitrogens is 3. The molecular formula is C7H3ClN4O4. The summed E-state index contributed by atoms with van der Waals surface area (Å²) in [6, 6.07) is 2.09. The Morgan fingerprint density at radius 1 is 1.50 bits per heavy atom. The van der Waals surface area contributed by atoms with Crippen LogP contribution in [-0.4, -0.2) is 25.3 Å². The summed E-state index contributed by atoms with van der Waals surface area (Å²) in [7, 11) is 0. The van der Waals surface area contributed by atoms with Crippen molar-refractivity contribution in [2.45, 2.75) is 0 Å². The predicted octanol–water partition coefficient (Wildman–Crippen LogP) is 0.590. The van der Waals surface area contributed by atoms with Crippen LogP contribution in [-0.2, 0) is 0 Å². The van der Waals surface area contributed by atoms with Crippen LogP contribution in [0.2, 0.25) is 5.02 Å². The van der Waals surface area contributed by atoms with E-state index >= 15 is 0 Å². The fourth-order valence-electron chi connectivity index (χ4n) is 1.18. The molecule has 82 valence electrons. The van der Waals surface area contributed by atoms with Gasteiger partial charge in [-0.25, -0.2) is 0 Å².